The highest BCUT2D eigenvalue weighted by atomic mass is 19.3. The summed E-state index contributed by atoms with van der Waals surface area (Å²) in [6, 6.07) is 9.14. The Morgan fingerprint density at radius 1 is 1.25 bits per heavy atom. The van der Waals surface area contributed by atoms with E-state index in [4.69, 9.17) is 0 Å². The number of halogens is 2. The van der Waals surface area contributed by atoms with Crippen molar-refractivity contribution in [1.82, 2.24) is 9.78 Å². The smallest absolute Gasteiger partial charge is 0.388 e. The first-order chi connectivity index (χ1) is 7.66. The van der Waals surface area contributed by atoms with Crippen LogP contribution in [0, 0.1) is 0 Å². The first kappa shape index (κ1) is 10.6. The maximum atomic E-state index is 12.2. The van der Waals surface area contributed by atoms with Crippen molar-refractivity contribution in [2.24, 2.45) is 7.05 Å². The zero-order chi connectivity index (χ0) is 11.5. The summed E-state index contributed by atoms with van der Waals surface area (Å²) < 4.78 is 30.1. The molecule has 0 saturated carbocycles. The molecule has 1 aromatic heterocycles. The predicted octanol–water partition coefficient (Wildman–Crippen LogP) is 2.69. The number of benzene rings is 1. The molecule has 0 bridgehead atoms. The Morgan fingerprint density at radius 3 is 2.56 bits per heavy atom. The third-order valence-corrected chi connectivity index (χ3v) is 2.08. The van der Waals surface area contributed by atoms with E-state index in [-0.39, 0.29) is 5.88 Å². The molecule has 0 aliphatic carbocycles. The van der Waals surface area contributed by atoms with E-state index < -0.39 is 6.61 Å². The van der Waals surface area contributed by atoms with Gasteiger partial charge in [-0.2, -0.15) is 8.78 Å². The van der Waals surface area contributed by atoms with Crippen molar-refractivity contribution < 1.29 is 13.5 Å². The summed E-state index contributed by atoms with van der Waals surface area (Å²) in [7, 11) is 1.66. The lowest BCUT2D eigenvalue weighted by Crippen LogP contribution is -2.03. The SMILES string of the molecule is Cn1cc(-c2ccccc2)c(OC(F)F)n1. The summed E-state index contributed by atoms with van der Waals surface area (Å²) in [5.41, 5.74) is 1.36. The average molecular weight is 224 g/mol. The molecule has 2 aromatic rings. The maximum Gasteiger partial charge on any atom is 0.388 e. The third-order valence-electron chi connectivity index (χ3n) is 2.08. The van der Waals surface area contributed by atoms with Crippen LogP contribution in [0.25, 0.3) is 11.1 Å². The first-order valence-corrected chi connectivity index (χ1v) is 4.70. The molecular formula is C11H10F2N2O. The molecule has 0 radical (unpaired) electrons. The van der Waals surface area contributed by atoms with Crippen molar-refractivity contribution in [3.63, 3.8) is 0 Å². The summed E-state index contributed by atoms with van der Waals surface area (Å²) in [6.45, 7) is -2.86. The van der Waals surface area contributed by atoms with E-state index in [1.54, 1.807) is 13.2 Å². The van der Waals surface area contributed by atoms with Gasteiger partial charge in [0.2, 0.25) is 5.88 Å². The van der Waals surface area contributed by atoms with Crippen molar-refractivity contribution in [1.29, 1.82) is 0 Å². The Labute approximate surface area is 91.3 Å². The van der Waals surface area contributed by atoms with Gasteiger partial charge in [-0.3, -0.25) is 4.68 Å². The molecule has 1 aromatic carbocycles. The van der Waals surface area contributed by atoms with Crippen LogP contribution in [0.3, 0.4) is 0 Å². The molecule has 0 unspecified atom stereocenters. The minimum absolute atomic E-state index is 0.0521. The number of rotatable bonds is 3. The average Bonchev–Trinajstić information content (AvgIpc) is 2.60. The molecule has 5 heteroatoms. The zero-order valence-electron chi connectivity index (χ0n) is 8.60. The Balaban J connectivity index is 2.40. The van der Waals surface area contributed by atoms with Crippen LogP contribution < -0.4 is 4.74 Å². The lowest BCUT2D eigenvalue weighted by atomic mass is 10.1. The van der Waals surface area contributed by atoms with Crippen molar-refractivity contribution in [3.8, 4) is 17.0 Å². The molecule has 16 heavy (non-hydrogen) atoms. The Kier molecular flexibility index (Phi) is 2.85. The number of hydrogen-bond acceptors (Lipinski definition) is 2. The highest BCUT2D eigenvalue weighted by molar-refractivity contribution is 5.67. The minimum Gasteiger partial charge on any atom is -0.415 e. The van der Waals surface area contributed by atoms with Gasteiger partial charge in [0.05, 0.1) is 5.56 Å². The van der Waals surface area contributed by atoms with E-state index in [1.807, 2.05) is 30.3 Å². The molecule has 0 amide bonds. The topological polar surface area (TPSA) is 27.1 Å². The molecule has 0 atom stereocenters. The number of nitrogens with zero attached hydrogens (tertiary/aromatic N) is 2. The first-order valence-electron chi connectivity index (χ1n) is 4.70. The van der Waals surface area contributed by atoms with Gasteiger partial charge in [0.1, 0.15) is 0 Å². The van der Waals surface area contributed by atoms with Crippen LogP contribution in [0.1, 0.15) is 0 Å². The largest absolute Gasteiger partial charge is 0.415 e. The monoisotopic (exact) mass is 224 g/mol. The van der Waals surface area contributed by atoms with Gasteiger partial charge >= 0.3 is 6.61 Å². The summed E-state index contributed by atoms with van der Waals surface area (Å²) in [6.07, 6.45) is 1.65. The van der Waals surface area contributed by atoms with Crippen molar-refractivity contribution in [2.45, 2.75) is 6.61 Å². The van der Waals surface area contributed by atoms with E-state index in [1.165, 1.54) is 4.68 Å². The molecule has 0 spiro atoms. The van der Waals surface area contributed by atoms with Crippen LogP contribution in [0.4, 0.5) is 8.78 Å². The number of aromatic nitrogens is 2. The van der Waals surface area contributed by atoms with Gasteiger partial charge in [0.15, 0.2) is 0 Å². The molecule has 0 aliphatic rings. The minimum atomic E-state index is -2.86. The summed E-state index contributed by atoms with van der Waals surface area (Å²) in [4.78, 5) is 0. The highest BCUT2D eigenvalue weighted by Crippen LogP contribution is 2.29. The van der Waals surface area contributed by atoms with Gasteiger partial charge < -0.3 is 4.74 Å². The fourth-order valence-corrected chi connectivity index (χ4v) is 1.46. The third kappa shape index (κ3) is 2.18. The summed E-state index contributed by atoms with van der Waals surface area (Å²) in [5, 5.41) is 3.84. The van der Waals surface area contributed by atoms with E-state index in [9.17, 15) is 8.78 Å². The van der Waals surface area contributed by atoms with Crippen LogP contribution in [-0.2, 0) is 7.05 Å². The summed E-state index contributed by atoms with van der Waals surface area (Å²) >= 11 is 0. The second kappa shape index (κ2) is 4.30. The molecule has 84 valence electrons. The van der Waals surface area contributed by atoms with Crippen molar-refractivity contribution >= 4 is 0 Å². The quantitative estimate of drug-likeness (QED) is 0.801. The summed E-state index contributed by atoms with van der Waals surface area (Å²) in [5.74, 6) is -0.0521. The van der Waals surface area contributed by atoms with Gasteiger partial charge in [-0.25, -0.2) is 0 Å². The van der Waals surface area contributed by atoms with E-state index >= 15 is 0 Å². The van der Waals surface area contributed by atoms with Crippen LogP contribution in [-0.4, -0.2) is 16.4 Å². The number of alkyl halides is 2. The zero-order valence-corrected chi connectivity index (χ0v) is 8.60. The Hall–Kier alpha value is -1.91. The molecule has 0 N–H and O–H groups in total. The lowest BCUT2D eigenvalue weighted by Gasteiger charge is -2.03. The Morgan fingerprint density at radius 2 is 1.94 bits per heavy atom. The van der Waals surface area contributed by atoms with Gasteiger partial charge in [0.25, 0.3) is 0 Å². The molecule has 0 fully saturated rings. The van der Waals surface area contributed by atoms with Crippen LogP contribution in [0.5, 0.6) is 5.88 Å². The fourth-order valence-electron chi connectivity index (χ4n) is 1.46. The second-order valence-corrected chi connectivity index (χ2v) is 3.27. The van der Waals surface area contributed by atoms with Gasteiger partial charge in [-0.1, -0.05) is 30.3 Å². The number of ether oxygens (including phenoxy) is 1. The lowest BCUT2D eigenvalue weighted by molar-refractivity contribution is -0.0527. The van der Waals surface area contributed by atoms with Gasteiger partial charge in [0, 0.05) is 13.2 Å². The van der Waals surface area contributed by atoms with Crippen LogP contribution >= 0.6 is 0 Å². The second-order valence-electron chi connectivity index (χ2n) is 3.27. The molecule has 3 nitrogen and oxygen atoms in total. The van der Waals surface area contributed by atoms with Gasteiger partial charge in [-0.05, 0) is 5.56 Å². The molecule has 1 heterocycles. The van der Waals surface area contributed by atoms with E-state index in [0.717, 1.165) is 5.56 Å². The molecule has 0 saturated heterocycles. The van der Waals surface area contributed by atoms with E-state index in [0.29, 0.717) is 5.56 Å². The van der Waals surface area contributed by atoms with Crippen LogP contribution in [0.2, 0.25) is 0 Å². The number of aryl methyl sites for hydroxylation is 1. The Bertz CT molecular complexity index is 468. The van der Waals surface area contributed by atoms with E-state index in [2.05, 4.69) is 9.84 Å². The van der Waals surface area contributed by atoms with Crippen molar-refractivity contribution in [3.05, 3.63) is 36.5 Å². The fraction of sp³-hybridized carbons (Fsp3) is 0.182. The normalized spacial score (nSPS) is 10.8. The van der Waals surface area contributed by atoms with Gasteiger partial charge in [-0.15, -0.1) is 5.10 Å². The molecule has 0 aliphatic heterocycles. The predicted molar refractivity (Wildman–Crippen MR) is 55.3 cm³/mol. The maximum absolute atomic E-state index is 12.2. The molecule has 2 rings (SSSR count). The number of hydrogen-bond donors (Lipinski definition) is 0. The molecular weight excluding hydrogens is 214 g/mol. The highest BCUT2D eigenvalue weighted by Gasteiger charge is 2.14. The van der Waals surface area contributed by atoms with Crippen molar-refractivity contribution in [2.75, 3.05) is 0 Å². The standard InChI is InChI=1S/C11H10F2N2O/c1-15-7-9(8-5-3-2-4-6-8)10(14-15)16-11(12)13/h2-7,11H,1H3. The van der Waals surface area contributed by atoms with Crippen LogP contribution in [0.15, 0.2) is 36.5 Å².